The molecular formula is C22H29N5O2. The van der Waals surface area contributed by atoms with Gasteiger partial charge in [0.2, 0.25) is 0 Å². The van der Waals surface area contributed by atoms with Gasteiger partial charge in [0.15, 0.2) is 11.5 Å². The van der Waals surface area contributed by atoms with Crippen molar-refractivity contribution in [3.05, 3.63) is 47.5 Å². The third-order valence-corrected chi connectivity index (χ3v) is 5.93. The minimum absolute atomic E-state index is 0.0527. The zero-order valence-corrected chi connectivity index (χ0v) is 17.3. The van der Waals surface area contributed by atoms with Crippen molar-refractivity contribution in [2.24, 2.45) is 0 Å². The molecule has 1 fully saturated rings. The monoisotopic (exact) mass is 395 g/mol. The summed E-state index contributed by atoms with van der Waals surface area (Å²) in [5.41, 5.74) is 2.20. The number of benzene rings is 1. The molecule has 0 saturated carbocycles. The van der Waals surface area contributed by atoms with Gasteiger partial charge in [-0.2, -0.15) is 0 Å². The van der Waals surface area contributed by atoms with Crippen LogP contribution in [-0.2, 0) is 13.0 Å². The van der Waals surface area contributed by atoms with Gasteiger partial charge >= 0.3 is 0 Å². The van der Waals surface area contributed by atoms with Crippen LogP contribution in [0.5, 0.6) is 0 Å². The van der Waals surface area contributed by atoms with E-state index in [0.717, 1.165) is 50.3 Å². The lowest BCUT2D eigenvalue weighted by Crippen LogP contribution is -2.47. The molecule has 3 heterocycles. The summed E-state index contributed by atoms with van der Waals surface area (Å²) in [6.45, 7) is 6.39. The number of carbonyl (C=O) groups excluding carboxylic acids is 2. The van der Waals surface area contributed by atoms with Gasteiger partial charge in [0, 0.05) is 45.0 Å². The molecule has 29 heavy (non-hydrogen) atoms. The summed E-state index contributed by atoms with van der Waals surface area (Å²) in [4.78, 5) is 37.1. The highest BCUT2D eigenvalue weighted by Crippen LogP contribution is 2.25. The number of piperazine rings is 1. The molecule has 0 radical (unpaired) electrons. The molecule has 0 bridgehead atoms. The molecule has 0 atom stereocenters. The Hall–Kier alpha value is -2.67. The summed E-state index contributed by atoms with van der Waals surface area (Å²) < 4.78 is 2.00. The van der Waals surface area contributed by atoms with Crippen molar-refractivity contribution >= 4 is 17.5 Å². The zero-order chi connectivity index (χ0) is 20.4. The van der Waals surface area contributed by atoms with E-state index in [2.05, 4.69) is 16.9 Å². The number of imidazole rings is 1. The predicted octanol–water partition coefficient (Wildman–Crippen LogP) is 2.27. The number of nitrogens with zero attached hydrogens (tertiary/aromatic N) is 5. The van der Waals surface area contributed by atoms with Gasteiger partial charge in [0.05, 0.1) is 5.69 Å². The molecule has 2 amide bonds. The number of hydrogen-bond acceptors (Lipinski definition) is 4. The molecule has 2 aliphatic heterocycles. The van der Waals surface area contributed by atoms with Gasteiger partial charge in [-0.3, -0.25) is 9.59 Å². The van der Waals surface area contributed by atoms with E-state index in [4.69, 9.17) is 0 Å². The fourth-order valence-electron chi connectivity index (χ4n) is 4.21. The normalized spacial score (nSPS) is 17.1. The summed E-state index contributed by atoms with van der Waals surface area (Å²) in [6, 6.07) is 9.65. The van der Waals surface area contributed by atoms with Crippen LogP contribution < -0.4 is 4.90 Å². The molecule has 2 aromatic rings. The van der Waals surface area contributed by atoms with Crippen LogP contribution in [0.15, 0.2) is 30.3 Å². The Morgan fingerprint density at radius 2 is 1.76 bits per heavy atom. The van der Waals surface area contributed by atoms with Crippen LogP contribution in [0.3, 0.4) is 0 Å². The van der Waals surface area contributed by atoms with Crippen molar-refractivity contribution in [1.29, 1.82) is 0 Å². The number of anilines is 1. The van der Waals surface area contributed by atoms with Crippen LogP contribution in [0.25, 0.3) is 0 Å². The number of aromatic nitrogens is 2. The number of para-hydroxylation sites is 1. The highest BCUT2D eigenvalue weighted by Gasteiger charge is 2.32. The SMILES string of the molecule is CCN(C(=O)c1nc(C(=O)N2CCN(C)CC2)n2c1CCCC2)c1ccccc1. The Kier molecular flexibility index (Phi) is 5.67. The van der Waals surface area contributed by atoms with Gasteiger partial charge in [0.25, 0.3) is 11.8 Å². The standard InChI is InChI=1S/C22H29N5O2/c1-3-26(17-9-5-4-6-10-17)21(28)19-18-11-7-8-12-27(18)20(23-19)22(29)25-15-13-24(2)14-16-25/h4-6,9-10H,3,7-8,11-16H2,1-2H3. The average molecular weight is 396 g/mol. The van der Waals surface area contributed by atoms with Gasteiger partial charge in [-0.1, -0.05) is 18.2 Å². The maximum absolute atomic E-state index is 13.4. The quantitative estimate of drug-likeness (QED) is 0.797. The molecule has 0 unspecified atom stereocenters. The maximum atomic E-state index is 13.4. The fourth-order valence-corrected chi connectivity index (χ4v) is 4.21. The van der Waals surface area contributed by atoms with Crippen LogP contribution >= 0.6 is 0 Å². The Labute approximate surface area is 171 Å². The van der Waals surface area contributed by atoms with Gasteiger partial charge in [-0.05, 0) is 45.4 Å². The second kappa shape index (κ2) is 8.37. The lowest BCUT2D eigenvalue weighted by atomic mass is 10.1. The molecule has 1 saturated heterocycles. The van der Waals surface area contributed by atoms with Gasteiger partial charge in [-0.25, -0.2) is 4.98 Å². The minimum atomic E-state index is -0.123. The molecule has 0 aliphatic carbocycles. The van der Waals surface area contributed by atoms with E-state index in [-0.39, 0.29) is 11.8 Å². The number of hydrogen-bond donors (Lipinski definition) is 0. The molecule has 1 aromatic carbocycles. The molecule has 7 heteroatoms. The second-order valence-electron chi connectivity index (χ2n) is 7.82. The molecule has 154 valence electrons. The fraction of sp³-hybridized carbons (Fsp3) is 0.500. The zero-order valence-electron chi connectivity index (χ0n) is 17.3. The largest absolute Gasteiger partial charge is 0.333 e. The van der Waals surface area contributed by atoms with E-state index in [1.54, 1.807) is 4.90 Å². The van der Waals surface area contributed by atoms with Gasteiger partial charge < -0.3 is 19.3 Å². The first kappa shape index (κ1) is 19.6. The van der Waals surface area contributed by atoms with Crippen molar-refractivity contribution < 1.29 is 9.59 Å². The highest BCUT2D eigenvalue weighted by molar-refractivity contribution is 6.06. The van der Waals surface area contributed by atoms with Crippen molar-refractivity contribution in [2.45, 2.75) is 32.7 Å². The highest BCUT2D eigenvalue weighted by atomic mass is 16.2. The van der Waals surface area contributed by atoms with E-state index in [9.17, 15) is 9.59 Å². The Morgan fingerprint density at radius 3 is 2.45 bits per heavy atom. The summed E-state index contributed by atoms with van der Waals surface area (Å²) >= 11 is 0. The summed E-state index contributed by atoms with van der Waals surface area (Å²) in [6.07, 6.45) is 2.82. The predicted molar refractivity (Wildman–Crippen MR) is 112 cm³/mol. The lowest BCUT2D eigenvalue weighted by Gasteiger charge is -2.32. The molecule has 7 nitrogen and oxygen atoms in total. The van der Waals surface area contributed by atoms with Crippen LogP contribution in [-0.4, -0.2) is 70.9 Å². The van der Waals surface area contributed by atoms with Crippen LogP contribution in [0, 0.1) is 0 Å². The topological polar surface area (TPSA) is 61.7 Å². The van der Waals surface area contributed by atoms with Crippen molar-refractivity contribution in [2.75, 3.05) is 44.7 Å². The number of rotatable bonds is 4. The number of likely N-dealkylation sites (N-methyl/N-ethyl adjacent to an activating group) is 1. The summed E-state index contributed by atoms with van der Waals surface area (Å²) in [5, 5.41) is 0. The Balaban J connectivity index is 1.67. The number of fused-ring (bicyclic) bond motifs is 1. The Bertz CT molecular complexity index is 884. The third-order valence-electron chi connectivity index (χ3n) is 5.93. The number of carbonyl (C=O) groups is 2. The second-order valence-corrected chi connectivity index (χ2v) is 7.82. The maximum Gasteiger partial charge on any atom is 0.289 e. The van der Waals surface area contributed by atoms with Gasteiger partial charge in [-0.15, -0.1) is 0 Å². The third kappa shape index (κ3) is 3.79. The van der Waals surface area contributed by atoms with Crippen LogP contribution in [0.4, 0.5) is 5.69 Å². The molecule has 4 rings (SSSR count). The van der Waals surface area contributed by atoms with E-state index < -0.39 is 0 Å². The minimum Gasteiger partial charge on any atom is -0.333 e. The first-order valence-corrected chi connectivity index (χ1v) is 10.5. The van der Waals surface area contributed by atoms with E-state index in [0.29, 0.717) is 31.2 Å². The first-order valence-electron chi connectivity index (χ1n) is 10.5. The lowest BCUT2D eigenvalue weighted by molar-refractivity contribution is 0.0645. The molecular weight excluding hydrogens is 366 g/mol. The average Bonchev–Trinajstić information content (AvgIpc) is 3.15. The van der Waals surface area contributed by atoms with Crippen molar-refractivity contribution in [3.63, 3.8) is 0 Å². The molecule has 0 spiro atoms. The van der Waals surface area contributed by atoms with E-state index >= 15 is 0 Å². The molecule has 0 N–H and O–H groups in total. The number of amides is 2. The smallest absolute Gasteiger partial charge is 0.289 e. The summed E-state index contributed by atoms with van der Waals surface area (Å²) in [5.74, 6) is 0.251. The molecule has 2 aliphatic rings. The van der Waals surface area contributed by atoms with Crippen molar-refractivity contribution in [1.82, 2.24) is 19.4 Å². The molecule has 1 aromatic heterocycles. The van der Waals surface area contributed by atoms with Crippen LogP contribution in [0.2, 0.25) is 0 Å². The first-order chi connectivity index (χ1) is 14.1. The van der Waals surface area contributed by atoms with Crippen molar-refractivity contribution in [3.8, 4) is 0 Å². The Morgan fingerprint density at radius 1 is 1.03 bits per heavy atom. The van der Waals surface area contributed by atoms with E-state index in [1.807, 2.05) is 46.7 Å². The van der Waals surface area contributed by atoms with Crippen LogP contribution in [0.1, 0.15) is 46.6 Å². The summed E-state index contributed by atoms with van der Waals surface area (Å²) in [7, 11) is 2.07. The van der Waals surface area contributed by atoms with E-state index in [1.165, 1.54) is 0 Å². The van der Waals surface area contributed by atoms with Gasteiger partial charge in [0.1, 0.15) is 0 Å².